The molecule has 3 N–H and O–H groups in total. The summed E-state index contributed by atoms with van der Waals surface area (Å²) < 4.78 is 0. The van der Waals surface area contributed by atoms with E-state index in [1.165, 1.54) is 0 Å². The van der Waals surface area contributed by atoms with Crippen molar-refractivity contribution in [1.82, 2.24) is 30.4 Å². The van der Waals surface area contributed by atoms with Crippen molar-refractivity contribution >= 4 is 16.9 Å². The van der Waals surface area contributed by atoms with Crippen LogP contribution in [0.15, 0.2) is 30.3 Å². The van der Waals surface area contributed by atoms with Crippen LogP contribution >= 0.6 is 0 Å². The Labute approximate surface area is 145 Å². The zero-order valence-corrected chi connectivity index (χ0v) is 14.2. The number of hydrogen-bond donors (Lipinski definition) is 3. The third-order valence-electron chi connectivity index (χ3n) is 4.67. The normalized spacial score (nSPS) is 18.0. The molecule has 1 amide bonds. The van der Waals surface area contributed by atoms with Crippen LogP contribution in [0.1, 0.15) is 28.4 Å². The number of hydrogen-bond acceptors (Lipinski definition) is 4. The number of nitrogens with zero attached hydrogens (tertiary/aromatic N) is 3. The van der Waals surface area contributed by atoms with Gasteiger partial charge in [0.2, 0.25) is 0 Å². The molecule has 3 aromatic rings. The molecule has 0 bridgehead atoms. The van der Waals surface area contributed by atoms with Gasteiger partial charge in [0.25, 0.3) is 5.91 Å². The molecule has 1 fully saturated rings. The predicted octanol–water partition coefficient (Wildman–Crippen LogP) is 1.85. The molecule has 7 nitrogen and oxygen atoms in total. The Morgan fingerprint density at radius 1 is 1.40 bits per heavy atom. The lowest BCUT2D eigenvalue weighted by molar-refractivity contribution is 0.0942. The van der Waals surface area contributed by atoms with Gasteiger partial charge in [0.15, 0.2) is 0 Å². The van der Waals surface area contributed by atoms with E-state index in [-0.39, 0.29) is 5.91 Å². The second kappa shape index (κ2) is 6.68. The first-order valence-electron chi connectivity index (χ1n) is 8.63. The van der Waals surface area contributed by atoms with Gasteiger partial charge in [-0.2, -0.15) is 5.10 Å². The van der Waals surface area contributed by atoms with Gasteiger partial charge in [-0.3, -0.25) is 14.8 Å². The van der Waals surface area contributed by atoms with Gasteiger partial charge in [-0.05, 0) is 44.0 Å². The molecule has 0 saturated carbocycles. The highest BCUT2D eigenvalue weighted by Crippen LogP contribution is 2.19. The maximum absolute atomic E-state index is 12.1. The lowest BCUT2D eigenvalue weighted by atomic mass is 10.1. The quantitative estimate of drug-likeness (QED) is 0.662. The van der Waals surface area contributed by atoms with Crippen molar-refractivity contribution in [3.05, 3.63) is 47.5 Å². The first-order valence-corrected chi connectivity index (χ1v) is 8.63. The van der Waals surface area contributed by atoms with Crippen LogP contribution < -0.4 is 5.32 Å². The Morgan fingerprint density at radius 2 is 2.28 bits per heavy atom. The number of likely N-dealkylation sites (tertiary alicyclic amines) is 1. The van der Waals surface area contributed by atoms with Gasteiger partial charge >= 0.3 is 0 Å². The number of fused-ring (bicyclic) bond motifs is 1. The lowest BCUT2D eigenvalue weighted by Crippen LogP contribution is -2.31. The molecule has 1 atom stereocenters. The van der Waals surface area contributed by atoms with Crippen molar-refractivity contribution < 1.29 is 4.79 Å². The van der Waals surface area contributed by atoms with Crippen molar-refractivity contribution in [2.24, 2.45) is 5.92 Å². The molecular weight excluding hydrogens is 316 g/mol. The van der Waals surface area contributed by atoms with E-state index in [2.05, 4.69) is 30.4 Å². The number of nitrogens with one attached hydrogen (secondary N) is 3. The molecule has 0 unspecified atom stereocenters. The molecule has 130 valence electrons. The highest BCUT2D eigenvalue weighted by molar-refractivity contribution is 5.92. The largest absolute Gasteiger partial charge is 0.350 e. The van der Waals surface area contributed by atoms with Gasteiger partial charge < -0.3 is 10.3 Å². The molecule has 1 aromatic carbocycles. The number of para-hydroxylation sites is 2. The molecule has 1 saturated heterocycles. The minimum Gasteiger partial charge on any atom is -0.350 e. The number of amides is 1. The topological polar surface area (TPSA) is 89.7 Å². The van der Waals surface area contributed by atoms with E-state index in [4.69, 9.17) is 0 Å². The predicted molar refractivity (Wildman–Crippen MR) is 95.1 cm³/mol. The molecule has 2 aromatic heterocycles. The molecule has 1 aliphatic heterocycles. The Kier molecular flexibility index (Phi) is 4.23. The number of benzene rings is 1. The van der Waals surface area contributed by atoms with Crippen molar-refractivity contribution in [3.63, 3.8) is 0 Å². The zero-order valence-electron chi connectivity index (χ0n) is 14.2. The summed E-state index contributed by atoms with van der Waals surface area (Å²) in [5.41, 5.74) is 3.43. The van der Waals surface area contributed by atoms with Gasteiger partial charge in [0, 0.05) is 18.8 Å². The highest BCUT2D eigenvalue weighted by atomic mass is 16.1. The lowest BCUT2D eigenvalue weighted by Gasteiger charge is -2.14. The van der Waals surface area contributed by atoms with Crippen LogP contribution in [0.4, 0.5) is 0 Å². The number of carbonyl (C=O) groups excluding carboxylic acids is 1. The molecule has 0 aliphatic carbocycles. The first-order chi connectivity index (χ1) is 12.2. The number of imidazole rings is 1. The van der Waals surface area contributed by atoms with Crippen molar-refractivity contribution in [2.75, 3.05) is 19.6 Å². The smallest absolute Gasteiger partial charge is 0.271 e. The van der Waals surface area contributed by atoms with Gasteiger partial charge in [-0.1, -0.05) is 12.1 Å². The molecule has 0 spiro atoms. The Balaban J connectivity index is 1.28. The van der Waals surface area contributed by atoms with Gasteiger partial charge in [0.05, 0.1) is 17.6 Å². The van der Waals surface area contributed by atoms with Crippen molar-refractivity contribution in [2.45, 2.75) is 19.9 Å². The number of aromatic nitrogens is 4. The molecule has 7 heteroatoms. The van der Waals surface area contributed by atoms with Crippen LogP contribution in [0.25, 0.3) is 11.0 Å². The molecule has 1 aliphatic rings. The van der Waals surface area contributed by atoms with Gasteiger partial charge in [-0.15, -0.1) is 0 Å². The minimum atomic E-state index is -0.111. The fourth-order valence-electron chi connectivity index (χ4n) is 3.38. The van der Waals surface area contributed by atoms with E-state index in [0.29, 0.717) is 18.2 Å². The third kappa shape index (κ3) is 3.56. The highest BCUT2D eigenvalue weighted by Gasteiger charge is 2.24. The zero-order chi connectivity index (χ0) is 17.2. The fraction of sp³-hybridized carbons (Fsp3) is 0.389. The number of aromatic amines is 2. The summed E-state index contributed by atoms with van der Waals surface area (Å²) in [6.45, 7) is 5.38. The van der Waals surface area contributed by atoms with Crippen LogP contribution in [0, 0.1) is 12.8 Å². The maximum atomic E-state index is 12.1. The number of carbonyl (C=O) groups is 1. The monoisotopic (exact) mass is 338 g/mol. The SMILES string of the molecule is Cc1cc(C(=O)NC[C@H]2CCN(Cc3nc4ccccc4[nH]3)C2)n[nH]1. The summed E-state index contributed by atoms with van der Waals surface area (Å²) in [6, 6.07) is 9.85. The van der Waals surface area contributed by atoms with Crippen LogP contribution in [0.3, 0.4) is 0 Å². The molecule has 4 rings (SSSR count). The number of H-pyrrole nitrogens is 2. The van der Waals surface area contributed by atoms with E-state index >= 15 is 0 Å². The molecular formula is C18H22N6O. The van der Waals surface area contributed by atoms with Gasteiger partial charge in [-0.25, -0.2) is 4.98 Å². The number of rotatable bonds is 5. The first kappa shape index (κ1) is 15.8. The molecule has 0 radical (unpaired) electrons. The summed E-state index contributed by atoms with van der Waals surface area (Å²) in [7, 11) is 0. The van der Waals surface area contributed by atoms with E-state index in [0.717, 1.165) is 48.6 Å². The summed E-state index contributed by atoms with van der Waals surface area (Å²) in [6.07, 6.45) is 1.08. The second-order valence-corrected chi connectivity index (χ2v) is 6.74. The summed E-state index contributed by atoms with van der Waals surface area (Å²) in [5.74, 6) is 1.35. The van der Waals surface area contributed by atoms with E-state index < -0.39 is 0 Å². The number of aryl methyl sites for hydroxylation is 1. The summed E-state index contributed by atoms with van der Waals surface area (Å²) >= 11 is 0. The standard InChI is InChI=1S/C18H22N6O/c1-12-8-16(23-22-12)18(25)19-9-13-6-7-24(10-13)11-17-20-14-4-2-3-5-15(14)21-17/h2-5,8,13H,6-7,9-11H2,1H3,(H,19,25)(H,20,21)(H,22,23)/t13-/m1/s1. The molecule has 3 heterocycles. The van der Waals surface area contributed by atoms with Gasteiger partial charge in [0.1, 0.15) is 11.5 Å². The van der Waals surface area contributed by atoms with Crippen molar-refractivity contribution in [3.8, 4) is 0 Å². The second-order valence-electron chi connectivity index (χ2n) is 6.74. The summed E-state index contributed by atoms with van der Waals surface area (Å²) in [4.78, 5) is 22.5. The Bertz CT molecular complexity index is 849. The maximum Gasteiger partial charge on any atom is 0.271 e. The van der Waals surface area contributed by atoms with Crippen LogP contribution in [-0.2, 0) is 6.54 Å². The van der Waals surface area contributed by atoms with Crippen LogP contribution in [-0.4, -0.2) is 50.6 Å². The summed E-state index contributed by atoms with van der Waals surface area (Å²) in [5, 5.41) is 9.77. The van der Waals surface area contributed by atoms with E-state index in [1.807, 2.05) is 31.2 Å². The average Bonchev–Trinajstić information content (AvgIpc) is 3.32. The van der Waals surface area contributed by atoms with E-state index in [9.17, 15) is 4.79 Å². The molecule has 25 heavy (non-hydrogen) atoms. The fourth-order valence-corrected chi connectivity index (χ4v) is 3.38. The van der Waals surface area contributed by atoms with Crippen LogP contribution in [0.5, 0.6) is 0 Å². The minimum absolute atomic E-state index is 0.111. The van der Waals surface area contributed by atoms with Crippen molar-refractivity contribution in [1.29, 1.82) is 0 Å². The Hall–Kier alpha value is -2.67. The Morgan fingerprint density at radius 3 is 3.08 bits per heavy atom. The average molecular weight is 338 g/mol. The third-order valence-corrected chi connectivity index (χ3v) is 4.67. The van der Waals surface area contributed by atoms with E-state index in [1.54, 1.807) is 6.07 Å². The van der Waals surface area contributed by atoms with Crippen LogP contribution in [0.2, 0.25) is 0 Å².